The summed E-state index contributed by atoms with van der Waals surface area (Å²) in [5, 5.41) is 0. The van der Waals surface area contributed by atoms with Crippen LogP contribution in [0.4, 0.5) is 0 Å². The second-order valence-corrected chi connectivity index (χ2v) is 4.70. The van der Waals surface area contributed by atoms with E-state index in [2.05, 4.69) is 14.5 Å². The van der Waals surface area contributed by atoms with Crippen LogP contribution in [-0.4, -0.2) is 34.1 Å². The molecule has 1 atom stereocenters. The standard InChI is InChI=1S/C12H22N4/c1-11(13)12-9-14-10-16(12)8-4-7-15-5-2-3-6-15/h9-11H,2-8,13H2,1H3/t11-/m0/s1. The summed E-state index contributed by atoms with van der Waals surface area (Å²) < 4.78 is 2.18. The van der Waals surface area contributed by atoms with Gasteiger partial charge in [0.2, 0.25) is 0 Å². The molecule has 0 aromatic carbocycles. The molecule has 90 valence electrons. The Hall–Kier alpha value is -0.870. The van der Waals surface area contributed by atoms with E-state index in [0.29, 0.717) is 0 Å². The number of aryl methyl sites for hydroxylation is 1. The smallest absolute Gasteiger partial charge is 0.0948 e. The molecule has 16 heavy (non-hydrogen) atoms. The lowest BCUT2D eigenvalue weighted by Gasteiger charge is -2.15. The molecule has 0 saturated carbocycles. The molecule has 0 spiro atoms. The number of rotatable bonds is 5. The molecule has 1 fully saturated rings. The molecule has 2 heterocycles. The summed E-state index contributed by atoms with van der Waals surface area (Å²) in [6.07, 6.45) is 7.70. The van der Waals surface area contributed by atoms with E-state index >= 15 is 0 Å². The number of imidazole rings is 1. The minimum absolute atomic E-state index is 0.0780. The molecular weight excluding hydrogens is 200 g/mol. The summed E-state index contributed by atoms with van der Waals surface area (Å²) in [4.78, 5) is 6.71. The number of nitrogens with two attached hydrogens (primary N) is 1. The molecule has 1 aliphatic heterocycles. The molecule has 0 aliphatic carbocycles. The van der Waals surface area contributed by atoms with Crippen LogP contribution in [0, 0.1) is 0 Å². The Kier molecular flexibility index (Phi) is 3.96. The van der Waals surface area contributed by atoms with E-state index in [0.717, 1.165) is 12.2 Å². The lowest BCUT2D eigenvalue weighted by atomic mass is 10.2. The summed E-state index contributed by atoms with van der Waals surface area (Å²) in [7, 11) is 0. The Morgan fingerprint density at radius 2 is 2.12 bits per heavy atom. The van der Waals surface area contributed by atoms with Crippen LogP contribution >= 0.6 is 0 Å². The number of likely N-dealkylation sites (tertiary alicyclic amines) is 1. The summed E-state index contributed by atoms with van der Waals surface area (Å²) >= 11 is 0. The fourth-order valence-corrected chi connectivity index (χ4v) is 2.37. The molecule has 0 amide bonds. The summed E-state index contributed by atoms with van der Waals surface area (Å²) in [6, 6.07) is 0.0780. The van der Waals surface area contributed by atoms with E-state index in [-0.39, 0.29) is 6.04 Å². The van der Waals surface area contributed by atoms with Gasteiger partial charge in [-0.15, -0.1) is 0 Å². The van der Waals surface area contributed by atoms with E-state index < -0.39 is 0 Å². The Morgan fingerprint density at radius 3 is 2.81 bits per heavy atom. The molecule has 4 nitrogen and oxygen atoms in total. The summed E-state index contributed by atoms with van der Waals surface area (Å²) in [5.74, 6) is 0. The largest absolute Gasteiger partial charge is 0.333 e. The van der Waals surface area contributed by atoms with Crippen molar-refractivity contribution < 1.29 is 0 Å². The van der Waals surface area contributed by atoms with Gasteiger partial charge in [-0.25, -0.2) is 4.98 Å². The first-order chi connectivity index (χ1) is 7.77. The van der Waals surface area contributed by atoms with Crippen molar-refractivity contribution in [2.24, 2.45) is 5.73 Å². The van der Waals surface area contributed by atoms with Crippen LogP contribution in [0.15, 0.2) is 12.5 Å². The first-order valence-electron chi connectivity index (χ1n) is 6.25. The van der Waals surface area contributed by atoms with Gasteiger partial charge in [0.1, 0.15) is 0 Å². The molecular formula is C12H22N4. The van der Waals surface area contributed by atoms with Crippen molar-refractivity contribution in [2.75, 3.05) is 19.6 Å². The van der Waals surface area contributed by atoms with Gasteiger partial charge < -0.3 is 15.2 Å². The Labute approximate surface area is 97.4 Å². The molecule has 0 bridgehead atoms. The molecule has 1 aromatic heterocycles. The van der Waals surface area contributed by atoms with E-state index in [1.807, 2.05) is 19.4 Å². The lowest BCUT2D eigenvalue weighted by molar-refractivity contribution is 0.324. The predicted molar refractivity (Wildman–Crippen MR) is 65.1 cm³/mol. The fourth-order valence-electron chi connectivity index (χ4n) is 2.37. The second-order valence-electron chi connectivity index (χ2n) is 4.70. The highest BCUT2D eigenvalue weighted by Gasteiger charge is 2.11. The number of aromatic nitrogens is 2. The van der Waals surface area contributed by atoms with Crippen molar-refractivity contribution >= 4 is 0 Å². The molecule has 1 aliphatic rings. The second kappa shape index (κ2) is 5.46. The average molecular weight is 222 g/mol. The number of hydrogen-bond donors (Lipinski definition) is 1. The first-order valence-corrected chi connectivity index (χ1v) is 6.25. The van der Waals surface area contributed by atoms with Gasteiger partial charge in [0.25, 0.3) is 0 Å². The SMILES string of the molecule is C[C@H](N)c1cncn1CCCN1CCCC1. The fraction of sp³-hybridized carbons (Fsp3) is 0.750. The third kappa shape index (κ3) is 2.83. The van der Waals surface area contributed by atoms with Crippen LogP contribution in [0.5, 0.6) is 0 Å². The van der Waals surface area contributed by atoms with E-state index in [9.17, 15) is 0 Å². The van der Waals surface area contributed by atoms with Gasteiger partial charge in [0, 0.05) is 18.8 Å². The average Bonchev–Trinajstić information content (AvgIpc) is 2.87. The molecule has 4 heteroatoms. The zero-order valence-corrected chi connectivity index (χ0v) is 10.1. The van der Waals surface area contributed by atoms with Crippen molar-refractivity contribution in [3.8, 4) is 0 Å². The maximum absolute atomic E-state index is 5.88. The van der Waals surface area contributed by atoms with Crippen molar-refractivity contribution in [1.82, 2.24) is 14.5 Å². The monoisotopic (exact) mass is 222 g/mol. The minimum Gasteiger partial charge on any atom is -0.333 e. The van der Waals surface area contributed by atoms with Gasteiger partial charge in [-0.1, -0.05) is 0 Å². The number of nitrogens with zero attached hydrogens (tertiary/aromatic N) is 3. The van der Waals surface area contributed by atoms with Crippen molar-refractivity contribution in [2.45, 2.75) is 38.8 Å². The number of hydrogen-bond acceptors (Lipinski definition) is 3. The quantitative estimate of drug-likeness (QED) is 0.819. The van der Waals surface area contributed by atoms with Gasteiger partial charge in [-0.3, -0.25) is 0 Å². The van der Waals surface area contributed by atoms with Gasteiger partial charge in [-0.05, 0) is 45.8 Å². The van der Waals surface area contributed by atoms with Gasteiger partial charge in [0.05, 0.1) is 12.0 Å². The van der Waals surface area contributed by atoms with Crippen molar-refractivity contribution in [3.63, 3.8) is 0 Å². The summed E-state index contributed by atoms with van der Waals surface area (Å²) in [5.41, 5.74) is 7.02. The molecule has 1 saturated heterocycles. The molecule has 2 N–H and O–H groups in total. The van der Waals surface area contributed by atoms with Crippen LogP contribution < -0.4 is 5.73 Å². The third-order valence-electron chi connectivity index (χ3n) is 3.28. The Balaban J connectivity index is 1.78. The van der Waals surface area contributed by atoms with Crippen LogP contribution in [0.25, 0.3) is 0 Å². The molecule has 1 aromatic rings. The van der Waals surface area contributed by atoms with Gasteiger partial charge in [0.15, 0.2) is 0 Å². The van der Waals surface area contributed by atoms with Crippen molar-refractivity contribution in [3.05, 3.63) is 18.2 Å². The van der Waals surface area contributed by atoms with Crippen LogP contribution in [-0.2, 0) is 6.54 Å². The Morgan fingerprint density at radius 1 is 1.38 bits per heavy atom. The Bertz CT molecular complexity index is 313. The van der Waals surface area contributed by atoms with Crippen LogP contribution in [0.1, 0.15) is 37.9 Å². The molecule has 0 unspecified atom stereocenters. The highest BCUT2D eigenvalue weighted by Crippen LogP contribution is 2.11. The van der Waals surface area contributed by atoms with E-state index in [1.54, 1.807) is 0 Å². The molecule has 2 rings (SSSR count). The summed E-state index contributed by atoms with van der Waals surface area (Å²) in [6.45, 7) is 6.81. The minimum atomic E-state index is 0.0780. The van der Waals surface area contributed by atoms with Crippen molar-refractivity contribution in [1.29, 1.82) is 0 Å². The lowest BCUT2D eigenvalue weighted by Crippen LogP contribution is -2.22. The van der Waals surface area contributed by atoms with Gasteiger partial charge >= 0.3 is 0 Å². The topological polar surface area (TPSA) is 47.1 Å². The van der Waals surface area contributed by atoms with E-state index in [1.165, 1.54) is 38.9 Å². The maximum Gasteiger partial charge on any atom is 0.0948 e. The normalized spacial score (nSPS) is 19.1. The zero-order chi connectivity index (χ0) is 11.4. The molecule has 0 radical (unpaired) electrons. The van der Waals surface area contributed by atoms with E-state index in [4.69, 9.17) is 5.73 Å². The first kappa shape index (κ1) is 11.6. The van der Waals surface area contributed by atoms with Gasteiger partial charge in [-0.2, -0.15) is 0 Å². The third-order valence-corrected chi connectivity index (χ3v) is 3.28. The predicted octanol–water partition coefficient (Wildman–Crippen LogP) is 1.39. The highest BCUT2D eigenvalue weighted by molar-refractivity contribution is 5.02. The highest BCUT2D eigenvalue weighted by atomic mass is 15.1. The maximum atomic E-state index is 5.88. The van der Waals surface area contributed by atoms with Crippen LogP contribution in [0.2, 0.25) is 0 Å². The van der Waals surface area contributed by atoms with Crippen LogP contribution in [0.3, 0.4) is 0 Å². The zero-order valence-electron chi connectivity index (χ0n) is 10.1.